The van der Waals surface area contributed by atoms with Crippen molar-refractivity contribution in [2.75, 3.05) is 18.0 Å². The maximum absolute atomic E-state index is 6.05. The van der Waals surface area contributed by atoms with Crippen LogP contribution < -0.4 is 16.0 Å². The molecule has 0 aliphatic carbocycles. The summed E-state index contributed by atoms with van der Waals surface area (Å²) in [6.45, 7) is 8.52. The predicted octanol–water partition coefficient (Wildman–Crippen LogP) is 1.68. The molecule has 4 nitrogen and oxygen atoms in total. The van der Waals surface area contributed by atoms with Gasteiger partial charge in [-0.25, -0.2) is 4.98 Å². The van der Waals surface area contributed by atoms with Gasteiger partial charge in [-0.2, -0.15) is 0 Å². The first-order valence-corrected chi connectivity index (χ1v) is 6.83. The lowest BCUT2D eigenvalue weighted by molar-refractivity contribution is 0.405. The highest BCUT2D eigenvalue weighted by Gasteiger charge is 2.22. The molecule has 4 heteroatoms. The Bertz CT molecular complexity index is 383. The lowest BCUT2D eigenvalue weighted by atomic mass is 10.1. The van der Waals surface area contributed by atoms with Crippen LogP contribution in [0.3, 0.4) is 0 Å². The minimum atomic E-state index is 0.0442. The highest BCUT2D eigenvalue weighted by Crippen LogP contribution is 2.19. The quantitative estimate of drug-likeness (QED) is 0.854. The van der Waals surface area contributed by atoms with Crippen LogP contribution in [0.25, 0.3) is 0 Å². The molecule has 0 spiro atoms. The molecular weight excluding hydrogens is 224 g/mol. The van der Waals surface area contributed by atoms with Crippen LogP contribution in [-0.2, 0) is 0 Å². The highest BCUT2D eigenvalue weighted by atomic mass is 15.3. The number of rotatable bonds is 3. The summed E-state index contributed by atoms with van der Waals surface area (Å²) in [6, 6.07) is 7.20. The van der Waals surface area contributed by atoms with E-state index in [0.717, 1.165) is 31.0 Å². The Kier molecular flexibility index (Phi) is 4.19. The molecule has 1 aromatic heterocycles. The van der Waals surface area contributed by atoms with Crippen LogP contribution in [0.15, 0.2) is 18.2 Å². The standard InChI is InChI=1S/C14H24N4/c1-4-12(15)13-6-5-7-14(17-13)18-8-10(2)16-11(3)9-18/h5-7,10-12,16H,4,8-9,15H2,1-3H3/t10-,11+,12-/m0/s1. The van der Waals surface area contributed by atoms with Crippen LogP contribution in [0.4, 0.5) is 5.82 Å². The predicted molar refractivity (Wildman–Crippen MR) is 75.7 cm³/mol. The van der Waals surface area contributed by atoms with Gasteiger partial charge in [0.05, 0.1) is 5.69 Å². The van der Waals surface area contributed by atoms with Crippen molar-refractivity contribution in [3.63, 3.8) is 0 Å². The molecule has 3 atom stereocenters. The fourth-order valence-electron chi connectivity index (χ4n) is 2.55. The van der Waals surface area contributed by atoms with Gasteiger partial charge < -0.3 is 16.0 Å². The summed E-state index contributed by atoms with van der Waals surface area (Å²) in [4.78, 5) is 7.05. The molecule has 3 N–H and O–H groups in total. The van der Waals surface area contributed by atoms with Gasteiger partial charge in [-0.15, -0.1) is 0 Å². The molecule has 0 radical (unpaired) electrons. The molecule has 1 fully saturated rings. The number of hydrogen-bond acceptors (Lipinski definition) is 4. The molecule has 0 bridgehead atoms. The summed E-state index contributed by atoms with van der Waals surface area (Å²) < 4.78 is 0. The number of piperazine rings is 1. The molecular formula is C14H24N4. The van der Waals surface area contributed by atoms with Gasteiger partial charge in [0.1, 0.15) is 5.82 Å². The summed E-state index contributed by atoms with van der Waals surface area (Å²) in [5, 5.41) is 3.53. The Morgan fingerprint density at radius 2 is 2.06 bits per heavy atom. The monoisotopic (exact) mass is 248 g/mol. The third kappa shape index (κ3) is 3.00. The van der Waals surface area contributed by atoms with Gasteiger partial charge in [0.2, 0.25) is 0 Å². The highest BCUT2D eigenvalue weighted by molar-refractivity contribution is 5.41. The first-order valence-electron chi connectivity index (χ1n) is 6.83. The van der Waals surface area contributed by atoms with Gasteiger partial charge in [-0.1, -0.05) is 13.0 Å². The van der Waals surface area contributed by atoms with Crippen LogP contribution in [0.5, 0.6) is 0 Å². The molecule has 1 aliphatic heterocycles. The van der Waals surface area contributed by atoms with E-state index in [4.69, 9.17) is 10.7 Å². The van der Waals surface area contributed by atoms with Crippen molar-refractivity contribution in [1.82, 2.24) is 10.3 Å². The van der Waals surface area contributed by atoms with Crippen molar-refractivity contribution in [2.45, 2.75) is 45.3 Å². The second-order valence-electron chi connectivity index (χ2n) is 5.31. The zero-order valence-electron chi connectivity index (χ0n) is 11.6. The number of nitrogens with two attached hydrogens (primary N) is 1. The van der Waals surface area contributed by atoms with Gasteiger partial charge in [-0.05, 0) is 32.4 Å². The van der Waals surface area contributed by atoms with Crippen molar-refractivity contribution in [3.05, 3.63) is 23.9 Å². The fraction of sp³-hybridized carbons (Fsp3) is 0.643. The molecule has 100 valence electrons. The SMILES string of the molecule is CC[C@H](N)c1cccc(N2C[C@@H](C)N[C@@H](C)C2)n1. The minimum Gasteiger partial charge on any atom is -0.354 e. The number of aromatic nitrogens is 1. The number of anilines is 1. The van der Waals surface area contributed by atoms with E-state index in [-0.39, 0.29) is 6.04 Å². The van der Waals surface area contributed by atoms with Crippen molar-refractivity contribution < 1.29 is 0 Å². The number of nitrogens with zero attached hydrogens (tertiary/aromatic N) is 2. The average Bonchev–Trinajstić information content (AvgIpc) is 2.37. The normalized spacial score (nSPS) is 26.1. The molecule has 18 heavy (non-hydrogen) atoms. The van der Waals surface area contributed by atoms with Gasteiger partial charge in [0, 0.05) is 31.2 Å². The van der Waals surface area contributed by atoms with Gasteiger partial charge >= 0.3 is 0 Å². The van der Waals surface area contributed by atoms with E-state index in [2.05, 4.69) is 43.1 Å². The van der Waals surface area contributed by atoms with E-state index >= 15 is 0 Å². The van der Waals surface area contributed by atoms with Crippen molar-refractivity contribution in [3.8, 4) is 0 Å². The van der Waals surface area contributed by atoms with Crippen LogP contribution in [0, 0.1) is 0 Å². The number of hydrogen-bond donors (Lipinski definition) is 2. The summed E-state index contributed by atoms with van der Waals surface area (Å²) in [7, 11) is 0. The Labute approximate surface area is 110 Å². The van der Waals surface area contributed by atoms with Crippen LogP contribution in [0.2, 0.25) is 0 Å². The molecule has 2 heterocycles. The van der Waals surface area contributed by atoms with E-state index in [0.29, 0.717) is 12.1 Å². The Hall–Kier alpha value is -1.13. The van der Waals surface area contributed by atoms with E-state index in [1.807, 2.05) is 6.07 Å². The van der Waals surface area contributed by atoms with Crippen LogP contribution >= 0.6 is 0 Å². The summed E-state index contributed by atoms with van der Waals surface area (Å²) in [5.41, 5.74) is 7.05. The Morgan fingerprint density at radius 3 is 2.67 bits per heavy atom. The van der Waals surface area contributed by atoms with Crippen molar-refractivity contribution >= 4 is 5.82 Å². The zero-order chi connectivity index (χ0) is 13.1. The van der Waals surface area contributed by atoms with Gasteiger partial charge in [0.25, 0.3) is 0 Å². The Balaban J connectivity index is 2.17. The first-order chi connectivity index (χ1) is 8.60. The lowest BCUT2D eigenvalue weighted by Crippen LogP contribution is -2.54. The smallest absolute Gasteiger partial charge is 0.128 e. The topological polar surface area (TPSA) is 54.2 Å². The van der Waals surface area contributed by atoms with E-state index in [1.165, 1.54) is 0 Å². The first kappa shape index (κ1) is 13.3. The van der Waals surface area contributed by atoms with Gasteiger partial charge in [-0.3, -0.25) is 0 Å². The molecule has 0 aromatic carbocycles. The summed E-state index contributed by atoms with van der Waals surface area (Å²) >= 11 is 0. The Morgan fingerprint density at radius 1 is 1.39 bits per heavy atom. The zero-order valence-corrected chi connectivity index (χ0v) is 11.6. The molecule has 0 saturated carbocycles. The molecule has 1 aromatic rings. The van der Waals surface area contributed by atoms with Crippen molar-refractivity contribution in [2.24, 2.45) is 5.73 Å². The van der Waals surface area contributed by atoms with E-state index in [9.17, 15) is 0 Å². The molecule has 1 saturated heterocycles. The number of nitrogens with one attached hydrogen (secondary N) is 1. The van der Waals surface area contributed by atoms with E-state index in [1.54, 1.807) is 0 Å². The second-order valence-corrected chi connectivity index (χ2v) is 5.31. The third-order valence-electron chi connectivity index (χ3n) is 3.46. The van der Waals surface area contributed by atoms with Crippen LogP contribution in [0.1, 0.15) is 38.9 Å². The number of pyridine rings is 1. The fourth-order valence-corrected chi connectivity index (χ4v) is 2.55. The average molecular weight is 248 g/mol. The molecule has 2 rings (SSSR count). The summed E-state index contributed by atoms with van der Waals surface area (Å²) in [5.74, 6) is 1.05. The minimum absolute atomic E-state index is 0.0442. The molecule has 0 amide bonds. The van der Waals surface area contributed by atoms with Crippen LogP contribution in [-0.4, -0.2) is 30.2 Å². The second kappa shape index (κ2) is 5.67. The maximum Gasteiger partial charge on any atom is 0.128 e. The molecule has 1 aliphatic rings. The van der Waals surface area contributed by atoms with Gasteiger partial charge in [0.15, 0.2) is 0 Å². The third-order valence-corrected chi connectivity index (χ3v) is 3.46. The molecule has 0 unspecified atom stereocenters. The maximum atomic E-state index is 6.05. The van der Waals surface area contributed by atoms with Crippen molar-refractivity contribution in [1.29, 1.82) is 0 Å². The lowest BCUT2D eigenvalue weighted by Gasteiger charge is -2.37. The largest absolute Gasteiger partial charge is 0.354 e. The summed E-state index contributed by atoms with van der Waals surface area (Å²) in [6.07, 6.45) is 0.921. The van der Waals surface area contributed by atoms with E-state index < -0.39 is 0 Å².